The first kappa shape index (κ1) is 16.4. The molecule has 133 valence electrons. The van der Waals surface area contributed by atoms with Gasteiger partial charge >= 0.3 is 0 Å². The first-order valence-corrected chi connectivity index (χ1v) is 8.27. The number of H-pyrrole nitrogens is 1. The zero-order chi connectivity index (χ0) is 18.3. The molecule has 1 aromatic carbocycles. The second-order valence-electron chi connectivity index (χ2n) is 6.09. The van der Waals surface area contributed by atoms with Crippen molar-refractivity contribution < 1.29 is 13.9 Å². The van der Waals surface area contributed by atoms with Gasteiger partial charge in [-0.3, -0.25) is 0 Å². The lowest BCUT2D eigenvalue weighted by molar-refractivity contribution is 0.347. The summed E-state index contributed by atoms with van der Waals surface area (Å²) >= 11 is 0. The molecule has 4 aromatic rings. The molecule has 0 fully saturated rings. The van der Waals surface area contributed by atoms with Crippen molar-refractivity contribution in [3.8, 4) is 17.4 Å². The van der Waals surface area contributed by atoms with Crippen LogP contribution in [-0.2, 0) is 0 Å². The molecule has 0 aliphatic heterocycles. The number of fused-ring (bicyclic) bond motifs is 2. The SMILES string of the molecule is C[CH]COc1cn2ncnc(Oc3ccc4[nH]c(C)cc4c3F)c2c1C. The maximum Gasteiger partial charge on any atom is 0.247 e. The number of hydrogen-bond acceptors (Lipinski definition) is 4. The van der Waals surface area contributed by atoms with Gasteiger partial charge in [-0.1, -0.05) is 6.92 Å². The number of aryl methyl sites for hydroxylation is 2. The molecule has 3 aromatic heterocycles. The molecule has 0 amide bonds. The number of rotatable bonds is 5. The molecule has 4 rings (SSSR count). The molecule has 1 N–H and O–H groups in total. The van der Waals surface area contributed by atoms with Gasteiger partial charge in [-0.15, -0.1) is 0 Å². The van der Waals surface area contributed by atoms with Crippen molar-refractivity contribution in [3.05, 3.63) is 54.2 Å². The molecule has 0 bridgehead atoms. The van der Waals surface area contributed by atoms with Gasteiger partial charge in [0.15, 0.2) is 11.6 Å². The lowest BCUT2D eigenvalue weighted by Gasteiger charge is -2.08. The summed E-state index contributed by atoms with van der Waals surface area (Å²) in [5, 5.41) is 4.67. The third kappa shape index (κ3) is 2.65. The van der Waals surface area contributed by atoms with E-state index in [1.165, 1.54) is 6.33 Å². The van der Waals surface area contributed by atoms with Crippen LogP contribution < -0.4 is 9.47 Å². The molecule has 7 heteroatoms. The van der Waals surface area contributed by atoms with Crippen molar-refractivity contribution >= 4 is 16.4 Å². The quantitative estimate of drug-likeness (QED) is 0.579. The van der Waals surface area contributed by atoms with E-state index in [0.29, 0.717) is 23.3 Å². The summed E-state index contributed by atoms with van der Waals surface area (Å²) in [4.78, 5) is 7.30. The van der Waals surface area contributed by atoms with Crippen LogP contribution in [0, 0.1) is 26.1 Å². The standard InChI is InChI=1S/C19H18FN4O2/c1-4-7-25-16-9-24-18(12(16)3)19(21-10-22-24)26-15-6-5-14-13(17(15)20)8-11(2)23-14/h4-6,8-10,23H,7H2,1-3H3. The van der Waals surface area contributed by atoms with E-state index in [4.69, 9.17) is 9.47 Å². The van der Waals surface area contributed by atoms with Crippen molar-refractivity contribution in [3.63, 3.8) is 0 Å². The summed E-state index contributed by atoms with van der Waals surface area (Å²) < 4.78 is 27.9. The van der Waals surface area contributed by atoms with Crippen LogP contribution in [-0.4, -0.2) is 26.2 Å². The first-order valence-electron chi connectivity index (χ1n) is 8.27. The summed E-state index contributed by atoms with van der Waals surface area (Å²) in [6, 6.07) is 5.13. The van der Waals surface area contributed by atoms with E-state index in [2.05, 4.69) is 15.1 Å². The van der Waals surface area contributed by atoms with Crippen molar-refractivity contribution in [1.82, 2.24) is 19.6 Å². The van der Waals surface area contributed by atoms with Crippen LogP contribution in [0.3, 0.4) is 0 Å². The van der Waals surface area contributed by atoms with E-state index in [1.807, 2.05) is 27.2 Å². The Hall–Kier alpha value is -3.09. The summed E-state index contributed by atoms with van der Waals surface area (Å²) in [6.07, 6.45) is 5.04. The Morgan fingerprint density at radius 1 is 1.27 bits per heavy atom. The van der Waals surface area contributed by atoms with Crippen LogP contribution in [0.15, 0.2) is 30.7 Å². The summed E-state index contributed by atoms with van der Waals surface area (Å²) in [6.45, 7) is 6.18. The van der Waals surface area contributed by atoms with E-state index in [9.17, 15) is 4.39 Å². The monoisotopic (exact) mass is 353 g/mol. The Morgan fingerprint density at radius 3 is 2.92 bits per heavy atom. The first-order chi connectivity index (χ1) is 12.6. The third-order valence-electron chi connectivity index (χ3n) is 4.20. The Morgan fingerprint density at radius 2 is 2.12 bits per heavy atom. The van der Waals surface area contributed by atoms with Crippen LogP contribution in [0.5, 0.6) is 17.4 Å². The maximum absolute atomic E-state index is 14.8. The molecular formula is C19H18FN4O2. The minimum atomic E-state index is -0.426. The largest absolute Gasteiger partial charge is 0.491 e. The summed E-state index contributed by atoms with van der Waals surface area (Å²) in [5.74, 6) is 0.649. The smallest absolute Gasteiger partial charge is 0.247 e. The fourth-order valence-corrected chi connectivity index (χ4v) is 2.97. The van der Waals surface area contributed by atoms with Gasteiger partial charge in [-0.05, 0) is 38.5 Å². The van der Waals surface area contributed by atoms with Crippen molar-refractivity contribution in [1.29, 1.82) is 0 Å². The summed E-state index contributed by atoms with van der Waals surface area (Å²) in [7, 11) is 0. The Balaban J connectivity index is 1.77. The fraction of sp³-hybridized carbons (Fsp3) is 0.211. The Bertz CT molecular complexity index is 1100. The van der Waals surface area contributed by atoms with Gasteiger partial charge in [-0.25, -0.2) is 8.91 Å². The molecule has 0 unspecified atom stereocenters. The van der Waals surface area contributed by atoms with E-state index in [-0.39, 0.29) is 11.6 Å². The highest BCUT2D eigenvalue weighted by atomic mass is 19.1. The van der Waals surface area contributed by atoms with Crippen LogP contribution in [0.1, 0.15) is 18.2 Å². The number of hydrogen-bond donors (Lipinski definition) is 1. The van der Waals surface area contributed by atoms with Crippen molar-refractivity contribution in [2.75, 3.05) is 6.61 Å². The number of ether oxygens (including phenoxy) is 2. The molecule has 0 aliphatic rings. The predicted molar refractivity (Wildman–Crippen MR) is 96.3 cm³/mol. The lowest BCUT2D eigenvalue weighted by Crippen LogP contribution is -1.98. The van der Waals surface area contributed by atoms with Gasteiger partial charge in [0.25, 0.3) is 0 Å². The van der Waals surface area contributed by atoms with Gasteiger partial charge in [0, 0.05) is 22.2 Å². The Labute approximate surface area is 149 Å². The Kier molecular flexibility index (Phi) is 3.99. The molecule has 6 nitrogen and oxygen atoms in total. The molecule has 0 aliphatic carbocycles. The van der Waals surface area contributed by atoms with Crippen LogP contribution in [0.4, 0.5) is 4.39 Å². The molecule has 0 saturated carbocycles. The highest BCUT2D eigenvalue weighted by Gasteiger charge is 2.18. The molecule has 0 atom stereocenters. The molecule has 0 saturated heterocycles. The summed E-state index contributed by atoms with van der Waals surface area (Å²) in [5.41, 5.74) is 3.09. The minimum absolute atomic E-state index is 0.113. The van der Waals surface area contributed by atoms with Gasteiger partial charge in [0.1, 0.15) is 17.6 Å². The highest BCUT2D eigenvalue weighted by molar-refractivity contribution is 5.83. The van der Waals surface area contributed by atoms with E-state index < -0.39 is 5.82 Å². The minimum Gasteiger partial charge on any atom is -0.491 e. The molecule has 26 heavy (non-hydrogen) atoms. The van der Waals surface area contributed by atoms with Gasteiger partial charge in [-0.2, -0.15) is 10.1 Å². The topological polar surface area (TPSA) is 64.4 Å². The van der Waals surface area contributed by atoms with Crippen molar-refractivity contribution in [2.24, 2.45) is 0 Å². The number of halogens is 1. The molecular weight excluding hydrogens is 335 g/mol. The predicted octanol–water partition coefficient (Wildman–Crippen LogP) is 4.36. The molecule has 1 radical (unpaired) electrons. The number of nitrogens with one attached hydrogen (secondary N) is 1. The van der Waals surface area contributed by atoms with E-state index in [0.717, 1.165) is 16.8 Å². The molecule has 3 heterocycles. The van der Waals surface area contributed by atoms with Crippen molar-refractivity contribution in [2.45, 2.75) is 20.8 Å². The maximum atomic E-state index is 14.8. The van der Waals surface area contributed by atoms with E-state index in [1.54, 1.807) is 28.9 Å². The number of nitrogens with zero attached hydrogens (tertiary/aromatic N) is 3. The van der Waals surface area contributed by atoms with Gasteiger partial charge < -0.3 is 14.5 Å². The zero-order valence-corrected chi connectivity index (χ0v) is 14.7. The molecule has 0 spiro atoms. The lowest BCUT2D eigenvalue weighted by atomic mass is 10.2. The highest BCUT2D eigenvalue weighted by Crippen LogP contribution is 2.34. The normalized spacial score (nSPS) is 11.4. The van der Waals surface area contributed by atoms with Crippen LogP contribution in [0.2, 0.25) is 0 Å². The van der Waals surface area contributed by atoms with Gasteiger partial charge in [0.05, 0.1) is 12.8 Å². The second-order valence-corrected chi connectivity index (χ2v) is 6.09. The average molecular weight is 353 g/mol. The van der Waals surface area contributed by atoms with Crippen LogP contribution >= 0.6 is 0 Å². The number of benzene rings is 1. The van der Waals surface area contributed by atoms with Gasteiger partial charge in [0.2, 0.25) is 5.88 Å². The van der Waals surface area contributed by atoms with Crippen LogP contribution in [0.25, 0.3) is 16.4 Å². The fourth-order valence-electron chi connectivity index (χ4n) is 2.97. The number of aromatic nitrogens is 4. The number of aromatic amines is 1. The average Bonchev–Trinajstić information content (AvgIpc) is 3.16. The zero-order valence-electron chi connectivity index (χ0n) is 14.7. The van der Waals surface area contributed by atoms with E-state index >= 15 is 0 Å². The second kappa shape index (κ2) is 6.33. The third-order valence-corrected chi connectivity index (χ3v) is 4.20.